The molecule has 0 radical (unpaired) electrons. The molecule has 0 aliphatic carbocycles. The van der Waals surface area contributed by atoms with Crippen molar-refractivity contribution in [1.82, 2.24) is 0 Å². The van der Waals surface area contributed by atoms with Crippen LogP contribution in [0.1, 0.15) is 16.7 Å². The van der Waals surface area contributed by atoms with Crippen LogP contribution >= 0.6 is 0 Å². The molecule has 144 valence electrons. The Morgan fingerprint density at radius 1 is 0.833 bits per heavy atom. The van der Waals surface area contributed by atoms with Crippen LogP contribution in [-0.4, -0.2) is 0 Å². The lowest BCUT2D eigenvalue weighted by Gasteiger charge is -2.05. The molecule has 0 unspecified atom stereocenters. The lowest BCUT2D eigenvalue weighted by molar-refractivity contribution is -0.660. The minimum absolute atomic E-state index is 0.577. The third-order valence-corrected chi connectivity index (χ3v) is 5.80. The zero-order chi connectivity index (χ0) is 20.8. The van der Waals surface area contributed by atoms with Gasteiger partial charge in [-0.25, -0.2) is 4.57 Å². The molecule has 5 aromatic rings. The van der Waals surface area contributed by atoms with E-state index in [-0.39, 0.29) is 0 Å². The van der Waals surface area contributed by atoms with Crippen molar-refractivity contribution in [3.63, 3.8) is 0 Å². The highest BCUT2D eigenvalue weighted by Crippen LogP contribution is 2.40. The maximum absolute atomic E-state index is 10.0. The predicted molar refractivity (Wildman–Crippen MR) is 120 cm³/mol. The van der Waals surface area contributed by atoms with Crippen LogP contribution in [0.2, 0.25) is 0 Å². The lowest BCUT2D eigenvalue weighted by Crippen LogP contribution is -2.30. The van der Waals surface area contributed by atoms with Gasteiger partial charge in [0.2, 0.25) is 5.69 Å². The summed E-state index contributed by atoms with van der Waals surface area (Å²) in [6.45, 7) is 4.16. The molecule has 0 fully saturated rings. The number of hydrogen-bond donors (Lipinski definition) is 0. The number of aromatic nitrogens is 1. The fraction of sp³-hybridized carbons (Fsp3) is 0.111. The number of furan rings is 1. The van der Waals surface area contributed by atoms with Crippen LogP contribution in [0.3, 0.4) is 0 Å². The van der Waals surface area contributed by atoms with Crippen LogP contribution in [0.5, 0.6) is 0 Å². The molecule has 2 aromatic heterocycles. The molecule has 0 saturated carbocycles. The van der Waals surface area contributed by atoms with Crippen LogP contribution in [-0.2, 0) is 7.05 Å². The molecule has 0 spiro atoms. The average molecular weight is 389 g/mol. The highest BCUT2D eigenvalue weighted by atomic mass is 16.3. The molecule has 30 heavy (non-hydrogen) atoms. The summed E-state index contributed by atoms with van der Waals surface area (Å²) in [5.41, 5.74) is 8.44. The summed E-state index contributed by atoms with van der Waals surface area (Å²) in [7, 11) is 2.03. The van der Waals surface area contributed by atoms with Crippen molar-refractivity contribution >= 4 is 21.9 Å². The molecule has 0 amide bonds. The van der Waals surface area contributed by atoms with E-state index >= 15 is 0 Å². The van der Waals surface area contributed by atoms with Gasteiger partial charge >= 0.3 is 0 Å². The molecular formula is C27H21N2O+. The first-order valence-electron chi connectivity index (χ1n) is 9.99. The van der Waals surface area contributed by atoms with Gasteiger partial charge in [-0.1, -0.05) is 48.0 Å². The van der Waals surface area contributed by atoms with Gasteiger partial charge in [0.1, 0.15) is 24.3 Å². The minimum atomic E-state index is 0.577. The quantitative estimate of drug-likeness (QED) is 0.336. The number of benzene rings is 3. The first-order chi connectivity index (χ1) is 14.6. The van der Waals surface area contributed by atoms with Crippen molar-refractivity contribution in [2.45, 2.75) is 13.8 Å². The Morgan fingerprint density at radius 3 is 2.30 bits per heavy atom. The normalized spacial score (nSPS) is 11.1. The summed E-state index contributed by atoms with van der Waals surface area (Å²) in [5.74, 6) is 0. The molecule has 0 aliphatic heterocycles. The van der Waals surface area contributed by atoms with E-state index < -0.39 is 0 Å². The minimum Gasteiger partial charge on any atom is -0.454 e. The molecule has 3 aromatic carbocycles. The van der Waals surface area contributed by atoms with E-state index in [1.807, 2.05) is 31.4 Å². The second-order valence-electron chi connectivity index (χ2n) is 7.78. The maximum Gasteiger partial charge on any atom is 0.216 e. The van der Waals surface area contributed by atoms with Crippen molar-refractivity contribution < 1.29 is 8.98 Å². The van der Waals surface area contributed by atoms with Gasteiger partial charge in [0.05, 0.1) is 5.56 Å². The summed E-state index contributed by atoms with van der Waals surface area (Å²) >= 11 is 0. The van der Waals surface area contributed by atoms with E-state index in [4.69, 9.17) is 4.42 Å². The second kappa shape index (κ2) is 6.86. The van der Waals surface area contributed by atoms with Crippen LogP contribution in [0.15, 0.2) is 77.3 Å². The molecule has 0 N–H and O–H groups in total. The van der Waals surface area contributed by atoms with Crippen molar-refractivity contribution in [1.29, 1.82) is 5.26 Å². The largest absolute Gasteiger partial charge is 0.454 e. The predicted octanol–water partition coefficient (Wildman–Crippen LogP) is 6.23. The first kappa shape index (κ1) is 18.1. The summed E-state index contributed by atoms with van der Waals surface area (Å²) in [6, 6.07) is 25.1. The summed E-state index contributed by atoms with van der Waals surface area (Å²) in [5, 5.41) is 12.0. The van der Waals surface area contributed by atoms with E-state index in [1.165, 1.54) is 5.56 Å². The Labute approximate surface area is 175 Å². The van der Waals surface area contributed by atoms with Gasteiger partial charge in [0.15, 0.2) is 11.8 Å². The highest BCUT2D eigenvalue weighted by Gasteiger charge is 2.22. The second-order valence-corrected chi connectivity index (χ2v) is 7.78. The first-order valence-corrected chi connectivity index (χ1v) is 9.99. The van der Waals surface area contributed by atoms with Gasteiger partial charge < -0.3 is 4.42 Å². The smallest absolute Gasteiger partial charge is 0.216 e. The maximum atomic E-state index is 10.0. The van der Waals surface area contributed by atoms with E-state index in [0.717, 1.165) is 44.3 Å². The Bertz CT molecular complexity index is 1470. The number of fused-ring (bicyclic) bond motifs is 3. The van der Waals surface area contributed by atoms with E-state index in [0.29, 0.717) is 11.1 Å². The van der Waals surface area contributed by atoms with Gasteiger partial charge in [-0.3, -0.25) is 0 Å². The Morgan fingerprint density at radius 2 is 1.57 bits per heavy atom. The number of nitrogens with zero attached hydrogens (tertiary/aromatic N) is 2. The van der Waals surface area contributed by atoms with Gasteiger partial charge in [0, 0.05) is 28.5 Å². The molecule has 2 heterocycles. The molecule has 0 aliphatic rings. The van der Waals surface area contributed by atoms with E-state index in [9.17, 15) is 5.26 Å². The highest BCUT2D eigenvalue weighted by molar-refractivity contribution is 6.12. The zero-order valence-electron chi connectivity index (χ0n) is 17.2. The van der Waals surface area contributed by atoms with Crippen LogP contribution in [0.25, 0.3) is 44.3 Å². The molecule has 3 nitrogen and oxygen atoms in total. The van der Waals surface area contributed by atoms with Gasteiger partial charge in [0.25, 0.3) is 0 Å². The molecule has 0 atom stereocenters. The summed E-state index contributed by atoms with van der Waals surface area (Å²) < 4.78 is 8.54. The Hall–Kier alpha value is -3.90. The number of aryl methyl sites for hydroxylation is 3. The van der Waals surface area contributed by atoms with Gasteiger partial charge in [-0.2, -0.15) is 5.26 Å². The Kier molecular flexibility index (Phi) is 4.15. The number of hydrogen-bond acceptors (Lipinski definition) is 2. The molecular weight excluding hydrogens is 368 g/mol. The molecule has 0 bridgehead atoms. The van der Waals surface area contributed by atoms with Gasteiger partial charge in [-0.05, 0) is 37.1 Å². The topological polar surface area (TPSA) is 40.8 Å². The monoisotopic (exact) mass is 389 g/mol. The lowest BCUT2D eigenvalue weighted by atomic mass is 9.96. The number of rotatable bonds is 2. The Balaban J connectivity index is 1.86. The number of nitriles is 1. The van der Waals surface area contributed by atoms with Crippen molar-refractivity contribution in [3.05, 3.63) is 89.6 Å². The van der Waals surface area contributed by atoms with Crippen molar-refractivity contribution in [2.24, 2.45) is 7.05 Å². The number of pyridine rings is 1. The third kappa shape index (κ3) is 2.69. The van der Waals surface area contributed by atoms with Crippen LogP contribution in [0, 0.1) is 25.2 Å². The summed E-state index contributed by atoms with van der Waals surface area (Å²) in [6.07, 6.45) is 2.03. The molecule has 3 heteroatoms. The van der Waals surface area contributed by atoms with Crippen LogP contribution in [0.4, 0.5) is 0 Å². The standard InChI is InChI=1S/C27H21N2O/c1-17-7-10-19(11-8-17)20-13-14-21-22-12-9-18(2)25(24-6-4-5-15-29(24)3)27(22)30-26(21)23(20)16-28/h4-15H,1-3H3/q+1. The van der Waals surface area contributed by atoms with Crippen molar-refractivity contribution in [3.8, 4) is 28.5 Å². The third-order valence-electron chi connectivity index (χ3n) is 5.80. The average Bonchev–Trinajstić information content (AvgIpc) is 3.13. The molecule has 5 rings (SSSR count). The summed E-state index contributed by atoms with van der Waals surface area (Å²) in [4.78, 5) is 0. The van der Waals surface area contributed by atoms with E-state index in [2.05, 4.69) is 73.0 Å². The zero-order valence-corrected chi connectivity index (χ0v) is 17.2. The van der Waals surface area contributed by atoms with E-state index in [1.54, 1.807) is 0 Å². The van der Waals surface area contributed by atoms with Crippen molar-refractivity contribution in [2.75, 3.05) is 0 Å². The fourth-order valence-corrected chi connectivity index (χ4v) is 4.19. The van der Waals surface area contributed by atoms with Gasteiger partial charge in [-0.15, -0.1) is 0 Å². The van der Waals surface area contributed by atoms with Crippen LogP contribution < -0.4 is 4.57 Å². The fourth-order valence-electron chi connectivity index (χ4n) is 4.19. The SMILES string of the molecule is Cc1ccc(-c2ccc3c(oc4c(-c5cccc[n+]5C)c(C)ccc43)c2C#N)cc1. The molecule has 0 saturated heterocycles.